The number of hydrogen-bond acceptors (Lipinski definition) is 2. The molecule has 0 bridgehead atoms. The van der Waals surface area contributed by atoms with Crippen molar-refractivity contribution in [3.05, 3.63) is 0 Å². The van der Waals surface area contributed by atoms with Gasteiger partial charge < -0.3 is 4.74 Å². The zero-order chi connectivity index (χ0) is 5.98. The number of hydrogen-bond donors (Lipinski definition) is 1. The highest BCUT2D eigenvalue weighted by Crippen LogP contribution is 2.21. The molecule has 2 nitrogen and oxygen atoms in total. The van der Waals surface area contributed by atoms with Gasteiger partial charge in [0.1, 0.15) is 6.10 Å². The summed E-state index contributed by atoms with van der Waals surface area (Å²) in [6.45, 7) is 1.68. The molecule has 46 valence electrons. The lowest BCUT2D eigenvalue weighted by Crippen LogP contribution is -2.23. The molecule has 1 saturated carbocycles. The minimum absolute atomic E-state index is 0.356. The molecule has 1 aliphatic rings. The van der Waals surface area contributed by atoms with Gasteiger partial charge in [-0.2, -0.15) is 0 Å². The van der Waals surface area contributed by atoms with Crippen LogP contribution in [-0.4, -0.2) is 12.0 Å². The fourth-order valence-electron chi connectivity index (χ4n) is 0.739. The number of rotatable bonds is 1. The predicted octanol–water partition coefficient (Wildman–Crippen LogP) is 1.55. The van der Waals surface area contributed by atoms with Crippen LogP contribution in [0.1, 0.15) is 26.2 Å². The van der Waals surface area contributed by atoms with Crippen molar-refractivity contribution >= 4 is 5.90 Å². The molecule has 1 fully saturated rings. The van der Waals surface area contributed by atoms with Crippen LogP contribution >= 0.6 is 0 Å². The lowest BCUT2D eigenvalue weighted by atomic mass is 9.96. The maximum atomic E-state index is 6.94. The van der Waals surface area contributed by atoms with E-state index in [4.69, 9.17) is 10.1 Å². The van der Waals surface area contributed by atoms with Crippen LogP contribution < -0.4 is 0 Å². The van der Waals surface area contributed by atoms with E-state index in [1.54, 1.807) is 6.92 Å². The highest BCUT2D eigenvalue weighted by atomic mass is 16.5. The van der Waals surface area contributed by atoms with Crippen LogP contribution in [-0.2, 0) is 4.74 Å². The first-order valence-corrected chi connectivity index (χ1v) is 3.01. The Morgan fingerprint density at radius 2 is 2.25 bits per heavy atom. The smallest absolute Gasteiger partial charge is 0.177 e. The average molecular weight is 113 g/mol. The average Bonchev–Trinajstić information content (AvgIpc) is 1.55. The second-order valence-electron chi connectivity index (χ2n) is 2.23. The molecule has 0 aliphatic heterocycles. The predicted molar refractivity (Wildman–Crippen MR) is 32.1 cm³/mol. The zero-order valence-electron chi connectivity index (χ0n) is 5.11. The van der Waals surface area contributed by atoms with E-state index in [1.165, 1.54) is 6.42 Å². The summed E-state index contributed by atoms with van der Waals surface area (Å²) in [5.74, 6) is 0.356. The van der Waals surface area contributed by atoms with Crippen molar-refractivity contribution in [2.75, 3.05) is 0 Å². The standard InChI is InChI=1S/C6H11NO/c1-5(7)8-6-3-2-4-6/h6-7H,2-4H2,1H3. The maximum Gasteiger partial charge on any atom is 0.177 e. The molecule has 0 saturated heterocycles. The van der Waals surface area contributed by atoms with Crippen LogP contribution in [0, 0.1) is 5.41 Å². The van der Waals surface area contributed by atoms with Crippen molar-refractivity contribution < 1.29 is 4.74 Å². The second kappa shape index (κ2) is 2.16. The van der Waals surface area contributed by atoms with E-state index >= 15 is 0 Å². The van der Waals surface area contributed by atoms with E-state index in [9.17, 15) is 0 Å². The first-order chi connectivity index (χ1) is 3.79. The van der Waals surface area contributed by atoms with Crippen molar-refractivity contribution in [3.63, 3.8) is 0 Å². The maximum absolute atomic E-state index is 6.94. The number of ether oxygens (including phenoxy) is 1. The van der Waals surface area contributed by atoms with Gasteiger partial charge in [-0.05, 0) is 19.3 Å². The fraction of sp³-hybridized carbons (Fsp3) is 0.833. The fourth-order valence-corrected chi connectivity index (χ4v) is 0.739. The summed E-state index contributed by atoms with van der Waals surface area (Å²) in [5.41, 5.74) is 0. The van der Waals surface area contributed by atoms with Gasteiger partial charge in [-0.15, -0.1) is 0 Å². The third-order valence-corrected chi connectivity index (χ3v) is 1.40. The Balaban J connectivity index is 2.09. The van der Waals surface area contributed by atoms with Crippen molar-refractivity contribution in [2.45, 2.75) is 32.3 Å². The molecular formula is C6H11NO. The normalized spacial score (nSPS) is 19.6. The molecule has 0 atom stereocenters. The topological polar surface area (TPSA) is 33.1 Å². The lowest BCUT2D eigenvalue weighted by Gasteiger charge is -2.25. The molecule has 0 unspecified atom stereocenters. The van der Waals surface area contributed by atoms with E-state index < -0.39 is 0 Å². The third kappa shape index (κ3) is 1.22. The van der Waals surface area contributed by atoms with E-state index in [0.29, 0.717) is 12.0 Å². The van der Waals surface area contributed by atoms with E-state index in [-0.39, 0.29) is 0 Å². The van der Waals surface area contributed by atoms with E-state index in [0.717, 1.165) is 12.8 Å². The molecule has 0 spiro atoms. The highest BCUT2D eigenvalue weighted by molar-refractivity contribution is 5.69. The van der Waals surface area contributed by atoms with E-state index in [1.807, 2.05) is 0 Å². The minimum Gasteiger partial charge on any atom is -0.478 e. The monoisotopic (exact) mass is 113 g/mol. The summed E-state index contributed by atoms with van der Waals surface area (Å²) < 4.78 is 5.07. The molecule has 1 aliphatic carbocycles. The summed E-state index contributed by atoms with van der Waals surface area (Å²) in [6.07, 6.45) is 3.96. The van der Waals surface area contributed by atoms with Crippen LogP contribution in [0.4, 0.5) is 0 Å². The quantitative estimate of drug-likeness (QED) is 0.406. The molecule has 0 aromatic rings. The summed E-state index contributed by atoms with van der Waals surface area (Å²) in [6, 6.07) is 0. The molecule has 8 heavy (non-hydrogen) atoms. The Morgan fingerprint density at radius 3 is 2.38 bits per heavy atom. The van der Waals surface area contributed by atoms with Gasteiger partial charge in [-0.3, -0.25) is 5.41 Å². The molecule has 0 heterocycles. The Kier molecular flexibility index (Phi) is 1.51. The van der Waals surface area contributed by atoms with E-state index in [2.05, 4.69) is 0 Å². The van der Waals surface area contributed by atoms with Crippen LogP contribution in [0.15, 0.2) is 0 Å². The molecule has 1 rings (SSSR count). The zero-order valence-corrected chi connectivity index (χ0v) is 5.11. The summed E-state index contributed by atoms with van der Waals surface area (Å²) >= 11 is 0. The molecule has 2 heteroatoms. The van der Waals surface area contributed by atoms with Crippen molar-refractivity contribution in [2.24, 2.45) is 0 Å². The van der Waals surface area contributed by atoms with Gasteiger partial charge in [0.05, 0.1) is 0 Å². The Hall–Kier alpha value is -0.530. The van der Waals surface area contributed by atoms with Crippen LogP contribution in [0.5, 0.6) is 0 Å². The van der Waals surface area contributed by atoms with Crippen LogP contribution in [0.3, 0.4) is 0 Å². The number of nitrogens with one attached hydrogen (secondary N) is 1. The van der Waals surface area contributed by atoms with Gasteiger partial charge >= 0.3 is 0 Å². The van der Waals surface area contributed by atoms with Gasteiger partial charge in [0.15, 0.2) is 5.90 Å². The summed E-state index contributed by atoms with van der Waals surface area (Å²) in [4.78, 5) is 0. The van der Waals surface area contributed by atoms with Gasteiger partial charge in [0.25, 0.3) is 0 Å². The van der Waals surface area contributed by atoms with Gasteiger partial charge in [0, 0.05) is 6.92 Å². The molecule has 0 aromatic carbocycles. The molecular weight excluding hydrogens is 102 g/mol. The first kappa shape index (κ1) is 5.60. The van der Waals surface area contributed by atoms with Crippen molar-refractivity contribution in [1.29, 1.82) is 5.41 Å². The highest BCUT2D eigenvalue weighted by Gasteiger charge is 2.18. The van der Waals surface area contributed by atoms with Crippen LogP contribution in [0.25, 0.3) is 0 Å². The largest absolute Gasteiger partial charge is 0.478 e. The first-order valence-electron chi connectivity index (χ1n) is 3.01. The molecule has 0 amide bonds. The summed E-state index contributed by atoms with van der Waals surface area (Å²) in [7, 11) is 0. The van der Waals surface area contributed by atoms with Gasteiger partial charge in [-0.25, -0.2) is 0 Å². The minimum atomic E-state index is 0.356. The van der Waals surface area contributed by atoms with Crippen molar-refractivity contribution in [3.8, 4) is 0 Å². The summed E-state index contributed by atoms with van der Waals surface area (Å²) in [5, 5.41) is 6.94. The SMILES string of the molecule is CC(=N)OC1CCC1. The molecule has 0 aromatic heterocycles. The second-order valence-corrected chi connectivity index (χ2v) is 2.23. The van der Waals surface area contributed by atoms with Crippen LogP contribution in [0.2, 0.25) is 0 Å². The third-order valence-electron chi connectivity index (χ3n) is 1.40. The lowest BCUT2D eigenvalue weighted by molar-refractivity contribution is 0.106. The molecule has 1 N–H and O–H groups in total. The molecule has 0 radical (unpaired) electrons. The van der Waals surface area contributed by atoms with Crippen molar-refractivity contribution in [1.82, 2.24) is 0 Å². The Labute approximate surface area is 49.4 Å². The Bertz CT molecular complexity index is 96.7. The van der Waals surface area contributed by atoms with Gasteiger partial charge in [0.2, 0.25) is 0 Å². The Morgan fingerprint density at radius 1 is 1.62 bits per heavy atom. The van der Waals surface area contributed by atoms with Gasteiger partial charge in [-0.1, -0.05) is 0 Å².